The molecule has 94 valence electrons. The Morgan fingerprint density at radius 3 is 2.50 bits per heavy atom. The van der Waals surface area contributed by atoms with E-state index < -0.39 is 0 Å². The van der Waals surface area contributed by atoms with Crippen LogP contribution in [-0.2, 0) is 0 Å². The van der Waals surface area contributed by atoms with Crippen LogP contribution in [0.25, 0.3) is 0 Å². The molecule has 0 saturated carbocycles. The number of nitrogens with one attached hydrogen (secondary N) is 1. The van der Waals surface area contributed by atoms with Gasteiger partial charge in [-0.15, -0.1) is 0 Å². The molecule has 0 aliphatic rings. The van der Waals surface area contributed by atoms with E-state index in [9.17, 15) is 0 Å². The van der Waals surface area contributed by atoms with E-state index in [1.165, 1.54) is 5.56 Å². The normalized spacial score (nSPS) is 10.2. The van der Waals surface area contributed by atoms with Gasteiger partial charge in [0, 0.05) is 25.5 Å². The number of benzene rings is 2. The quantitative estimate of drug-likeness (QED) is 0.809. The summed E-state index contributed by atoms with van der Waals surface area (Å²) in [7, 11) is 4.05. The van der Waals surface area contributed by atoms with Gasteiger partial charge < -0.3 is 16.0 Å². The van der Waals surface area contributed by atoms with Crippen molar-refractivity contribution >= 4 is 22.7 Å². The van der Waals surface area contributed by atoms with Crippen molar-refractivity contribution in [2.75, 3.05) is 30.0 Å². The maximum atomic E-state index is 5.99. The molecule has 18 heavy (non-hydrogen) atoms. The maximum absolute atomic E-state index is 5.99. The number of aryl methyl sites for hydroxylation is 1. The second-order valence-corrected chi connectivity index (χ2v) is 4.66. The summed E-state index contributed by atoms with van der Waals surface area (Å²) in [6, 6.07) is 14.3. The summed E-state index contributed by atoms with van der Waals surface area (Å²) < 4.78 is 0. The van der Waals surface area contributed by atoms with Crippen LogP contribution in [0.3, 0.4) is 0 Å². The lowest BCUT2D eigenvalue weighted by Gasteiger charge is -2.15. The van der Waals surface area contributed by atoms with Crippen LogP contribution < -0.4 is 16.0 Å². The third kappa shape index (κ3) is 2.74. The summed E-state index contributed by atoms with van der Waals surface area (Å²) >= 11 is 0. The molecule has 2 rings (SSSR count). The minimum Gasteiger partial charge on any atom is -0.397 e. The Labute approximate surface area is 108 Å². The van der Waals surface area contributed by atoms with Crippen LogP contribution in [-0.4, -0.2) is 14.1 Å². The van der Waals surface area contributed by atoms with Crippen molar-refractivity contribution in [3.63, 3.8) is 0 Å². The molecule has 0 heterocycles. The summed E-state index contributed by atoms with van der Waals surface area (Å²) in [6.07, 6.45) is 0. The third-order valence-electron chi connectivity index (χ3n) is 2.85. The number of rotatable bonds is 3. The van der Waals surface area contributed by atoms with Crippen LogP contribution in [0.4, 0.5) is 22.7 Å². The first-order valence-electron chi connectivity index (χ1n) is 5.97. The number of nitrogen functional groups attached to an aromatic ring is 1. The van der Waals surface area contributed by atoms with Gasteiger partial charge in [0.1, 0.15) is 0 Å². The first-order chi connectivity index (χ1) is 8.56. The maximum Gasteiger partial charge on any atom is 0.0618 e. The highest BCUT2D eigenvalue weighted by Gasteiger charge is 2.01. The second-order valence-electron chi connectivity index (χ2n) is 4.66. The third-order valence-corrected chi connectivity index (χ3v) is 2.85. The van der Waals surface area contributed by atoms with Gasteiger partial charge in [0.05, 0.1) is 11.4 Å². The fourth-order valence-corrected chi connectivity index (χ4v) is 1.81. The van der Waals surface area contributed by atoms with Gasteiger partial charge in [-0.2, -0.15) is 0 Å². The van der Waals surface area contributed by atoms with E-state index in [4.69, 9.17) is 5.73 Å². The molecular formula is C15H19N3. The van der Waals surface area contributed by atoms with E-state index in [0.717, 1.165) is 22.7 Å². The summed E-state index contributed by atoms with van der Waals surface area (Å²) in [6.45, 7) is 2.03. The molecule has 2 aromatic carbocycles. The number of anilines is 4. The zero-order valence-corrected chi connectivity index (χ0v) is 11.1. The van der Waals surface area contributed by atoms with Gasteiger partial charge >= 0.3 is 0 Å². The average molecular weight is 241 g/mol. The van der Waals surface area contributed by atoms with Crippen LogP contribution in [0.1, 0.15) is 5.56 Å². The molecular weight excluding hydrogens is 222 g/mol. The molecule has 0 fully saturated rings. The number of hydrogen-bond donors (Lipinski definition) is 2. The first-order valence-corrected chi connectivity index (χ1v) is 5.97. The monoisotopic (exact) mass is 241 g/mol. The Balaban J connectivity index is 2.25. The number of nitrogens with two attached hydrogens (primary N) is 1. The molecule has 0 spiro atoms. The largest absolute Gasteiger partial charge is 0.397 e. The topological polar surface area (TPSA) is 41.3 Å². The standard InChI is InChI=1S/C15H19N3/c1-11-7-8-15(14(16)9-11)17-12-5-4-6-13(10-12)18(2)3/h4-10,17H,16H2,1-3H3. The van der Waals surface area contributed by atoms with Gasteiger partial charge in [-0.1, -0.05) is 12.1 Å². The highest BCUT2D eigenvalue weighted by Crippen LogP contribution is 2.26. The van der Waals surface area contributed by atoms with Crippen LogP contribution in [0.5, 0.6) is 0 Å². The fraction of sp³-hybridized carbons (Fsp3) is 0.200. The summed E-state index contributed by atoms with van der Waals surface area (Å²) in [5.74, 6) is 0. The Morgan fingerprint density at radius 1 is 1.06 bits per heavy atom. The van der Waals surface area contributed by atoms with Crippen LogP contribution in [0.2, 0.25) is 0 Å². The first kappa shape index (κ1) is 12.3. The lowest BCUT2D eigenvalue weighted by molar-refractivity contribution is 1.13. The summed E-state index contributed by atoms with van der Waals surface area (Å²) in [4.78, 5) is 2.07. The minimum atomic E-state index is 0.769. The lowest BCUT2D eigenvalue weighted by atomic mass is 10.2. The van der Waals surface area contributed by atoms with E-state index in [-0.39, 0.29) is 0 Å². The van der Waals surface area contributed by atoms with E-state index >= 15 is 0 Å². The summed E-state index contributed by atoms with van der Waals surface area (Å²) in [5, 5.41) is 3.34. The minimum absolute atomic E-state index is 0.769. The molecule has 0 aliphatic heterocycles. The fourth-order valence-electron chi connectivity index (χ4n) is 1.81. The Hall–Kier alpha value is -2.16. The van der Waals surface area contributed by atoms with E-state index in [0.29, 0.717) is 0 Å². The molecule has 0 amide bonds. The molecule has 0 radical (unpaired) electrons. The van der Waals surface area contributed by atoms with Gasteiger partial charge in [-0.3, -0.25) is 0 Å². The predicted molar refractivity (Wildman–Crippen MR) is 79.6 cm³/mol. The van der Waals surface area contributed by atoms with Gasteiger partial charge in [-0.25, -0.2) is 0 Å². The van der Waals surface area contributed by atoms with Crippen molar-refractivity contribution in [1.29, 1.82) is 0 Å². The van der Waals surface area contributed by atoms with E-state index in [1.54, 1.807) is 0 Å². The molecule has 0 unspecified atom stereocenters. The SMILES string of the molecule is Cc1ccc(Nc2cccc(N(C)C)c2)c(N)c1. The molecule has 0 bridgehead atoms. The van der Waals surface area contributed by atoms with E-state index in [1.807, 2.05) is 45.3 Å². The van der Waals surface area contributed by atoms with Crippen molar-refractivity contribution < 1.29 is 0 Å². The number of hydrogen-bond acceptors (Lipinski definition) is 3. The second kappa shape index (κ2) is 5.00. The van der Waals surface area contributed by atoms with Crippen LogP contribution in [0, 0.1) is 6.92 Å². The predicted octanol–water partition coefficient (Wildman–Crippen LogP) is 3.39. The average Bonchev–Trinajstić information content (AvgIpc) is 2.33. The van der Waals surface area contributed by atoms with Crippen molar-refractivity contribution in [3.05, 3.63) is 48.0 Å². The Morgan fingerprint density at radius 2 is 1.83 bits per heavy atom. The Kier molecular flexibility index (Phi) is 3.42. The van der Waals surface area contributed by atoms with Crippen molar-refractivity contribution in [2.24, 2.45) is 0 Å². The molecule has 2 aromatic rings. The highest BCUT2D eigenvalue weighted by molar-refractivity contribution is 5.74. The van der Waals surface area contributed by atoms with Crippen molar-refractivity contribution in [2.45, 2.75) is 6.92 Å². The molecule has 3 N–H and O–H groups in total. The van der Waals surface area contributed by atoms with Crippen molar-refractivity contribution in [1.82, 2.24) is 0 Å². The molecule has 0 aliphatic carbocycles. The van der Waals surface area contributed by atoms with Crippen LogP contribution >= 0.6 is 0 Å². The molecule has 0 aromatic heterocycles. The van der Waals surface area contributed by atoms with E-state index in [2.05, 4.69) is 28.4 Å². The van der Waals surface area contributed by atoms with Gasteiger partial charge in [0.15, 0.2) is 0 Å². The zero-order valence-electron chi connectivity index (χ0n) is 11.1. The van der Waals surface area contributed by atoms with Gasteiger partial charge in [0.2, 0.25) is 0 Å². The molecule has 0 saturated heterocycles. The molecule has 3 nitrogen and oxygen atoms in total. The highest BCUT2D eigenvalue weighted by atomic mass is 15.1. The molecule has 0 atom stereocenters. The Bertz CT molecular complexity index is 547. The molecule has 3 heteroatoms. The van der Waals surface area contributed by atoms with Crippen molar-refractivity contribution in [3.8, 4) is 0 Å². The summed E-state index contributed by atoms with van der Waals surface area (Å²) in [5.41, 5.74) is 11.1. The van der Waals surface area contributed by atoms with Gasteiger partial charge in [-0.05, 0) is 42.8 Å². The van der Waals surface area contributed by atoms with Gasteiger partial charge in [0.25, 0.3) is 0 Å². The smallest absolute Gasteiger partial charge is 0.0618 e. The zero-order chi connectivity index (χ0) is 13.1. The van der Waals surface area contributed by atoms with Crippen LogP contribution in [0.15, 0.2) is 42.5 Å². The lowest BCUT2D eigenvalue weighted by Crippen LogP contribution is -2.08. The number of nitrogens with zero attached hydrogens (tertiary/aromatic N) is 1.